The number of rotatable bonds is 3. The van der Waals surface area contributed by atoms with Gasteiger partial charge in [-0.15, -0.1) is 0 Å². The minimum absolute atomic E-state index is 0.194. The molecule has 5 nitrogen and oxygen atoms in total. The van der Waals surface area contributed by atoms with Crippen LogP contribution < -0.4 is 9.47 Å². The second-order valence-corrected chi connectivity index (χ2v) is 4.99. The second-order valence-electron chi connectivity index (χ2n) is 4.55. The molecule has 0 aliphatic carbocycles. The normalized spacial score (nSPS) is 12.4. The molecule has 0 N–H and O–H groups in total. The lowest BCUT2D eigenvalue weighted by Gasteiger charge is -2.19. The maximum atomic E-state index is 12.6. The molecule has 0 bridgehead atoms. The van der Waals surface area contributed by atoms with Crippen LogP contribution in [0, 0.1) is 0 Å². The van der Waals surface area contributed by atoms with Crippen molar-refractivity contribution in [2.45, 2.75) is 0 Å². The predicted octanol–water partition coefficient (Wildman–Crippen LogP) is 3.31. The Morgan fingerprint density at radius 2 is 1.73 bits per heavy atom. The molecule has 0 aromatic heterocycles. The molecule has 0 radical (unpaired) electrons. The monoisotopic (exact) mass is 315 g/mol. The number of carbonyl (C=O) groups is 1. The molecule has 22 heavy (non-hydrogen) atoms. The van der Waals surface area contributed by atoms with Crippen molar-refractivity contribution in [3.05, 3.63) is 52.5 Å². The number of benzene rings is 2. The van der Waals surface area contributed by atoms with Crippen molar-refractivity contribution in [2.75, 3.05) is 13.2 Å². The molecule has 0 unspecified atom stereocenters. The summed E-state index contributed by atoms with van der Waals surface area (Å²) in [4.78, 5) is 26.8. The van der Waals surface area contributed by atoms with Crippen LogP contribution in [-0.2, 0) is 4.79 Å². The molecule has 1 heterocycles. The van der Waals surface area contributed by atoms with Gasteiger partial charge in [0.1, 0.15) is 13.2 Å². The summed E-state index contributed by atoms with van der Waals surface area (Å²) in [6, 6.07) is 9.49. The zero-order chi connectivity index (χ0) is 15.5. The van der Waals surface area contributed by atoms with Gasteiger partial charge < -0.3 is 9.47 Å². The van der Waals surface area contributed by atoms with Gasteiger partial charge in [0.25, 0.3) is 0 Å². The van der Waals surface area contributed by atoms with E-state index in [9.17, 15) is 9.59 Å². The number of carbonyl (C=O) groups excluding carboxylic acids is 2. The third-order valence-corrected chi connectivity index (χ3v) is 3.43. The van der Waals surface area contributed by atoms with Crippen molar-refractivity contribution < 1.29 is 19.1 Å². The molecule has 2 aromatic rings. The standard InChI is InChI=1S/C16H10ClNO4/c17-11-3-1-10(2-4-11)16(20)12-7-14-15(22-6-5-21-14)8-13(12)18-9-19/h1-4,7-8H,5-6H2. The van der Waals surface area contributed by atoms with E-state index in [1.54, 1.807) is 24.3 Å². The Morgan fingerprint density at radius 1 is 1.09 bits per heavy atom. The quantitative estimate of drug-likeness (QED) is 0.495. The Bertz CT molecular complexity index is 779. The molecule has 0 saturated heterocycles. The number of ketones is 1. The first-order valence-electron chi connectivity index (χ1n) is 6.51. The second kappa shape index (κ2) is 6.02. The Hall–Kier alpha value is -2.62. The number of ether oxygens (including phenoxy) is 2. The van der Waals surface area contributed by atoms with Crippen LogP contribution in [0.5, 0.6) is 11.5 Å². The molecule has 6 heteroatoms. The minimum atomic E-state index is -0.289. The fraction of sp³-hybridized carbons (Fsp3) is 0.125. The van der Waals surface area contributed by atoms with E-state index in [4.69, 9.17) is 21.1 Å². The highest BCUT2D eigenvalue weighted by Gasteiger charge is 2.20. The van der Waals surface area contributed by atoms with Crippen molar-refractivity contribution >= 4 is 29.2 Å². The van der Waals surface area contributed by atoms with Crippen molar-refractivity contribution in [2.24, 2.45) is 4.99 Å². The van der Waals surface area contributed by atoms with Gasteiger partial charge in [0.15, 0.2) is 17.3 Å². The first-order chi connectivity index (χ1) is 10.7. The topological polar surface area (TPSA) is 65.0 Å². The van der Waals surface area contributed by atoms with E-state index in [1.807, 2.05) is 0 Å². The summed E-state index contributed by atoms with van der Waals surface area (Å²) in [5, 5.41) is 0.532. The summed E-state index contributed by atoms with van der Waals surface area (Å²) < 4.78 is 10.9. The number of fused-ring (bicyclic) bond motifs is 1. The number of hydrogen-bond donors (Lipinski definition) is 0. The maximum absolute atomic E-state index is 12.6. The summed E-state index contributed by atoms with van der Waals surface area (Å²) >= 11 is 5.82. The first kappa shape index (κ1) is 14.3. The van der Waals surface area contributed by atoms with Crippen LogP contribution in [0.4, 0.5) is 5.69 Å². The average molecular weight is 316 g/mol. The lowest BCUT2D eigenvalue weighted by atomic mass is 10.0. The van der Waals surface area contributed by atoms with Crippen molar-refractivity contribution in [3.8, 4) is 11.5 Å². The van der Waals surface area contributed by atoms with E-state index in [2.05, 4.69) is 4.99 Å². The van der Waals surface area contributed by atoms with Crippen molar-refractivity contribution in [1.29, 1.82) is 0 Å². The number of aliphatic imine (C=N–C) groups is 1. The number of nitrogens with zero attached hydrogens (tertiary/aromatic N) is 1. The molecular formula is C16H10ClNO4. The van der Waals surface area contributed by atoms with Gasteiger partial charge in [0.2, 0.25) is 6.08 Å². The highest BCUT2D eigenvalue weighted by Crippen LogP contribution is 2.37. The summed E-state index contributed by atoms with van der Waals surface area (Å²) in [7, 11) is 0. The van der Waals surface area contributed by atoms with Crippen LogP contribution in [0.25, 0.3) is 0 Å². The number of hydrogen-bond acceptors (Lipinski definition) is 5. The van der Waals surface area contributed by atoms with Crippen LogP contribution in [0.3, 0.4) is 0 Å². The van der Waals surface area contributed by atoms with E-state index >= 15 is 0 Å². The Morgan fingerprint density at radius 3 is 2.36 bits per heavy atom. The molecule has 0 fully saturated rings. The van der Waals surface area contributed by atoms with Crippen LogP contribution >= 0.6 is 11.6 Å². The zero-order valence-corrected chi connectivity index (χ0v) is 12.1. The molecule has 2 aromatic carbocycles. The van der Waals surface area contributed by atoms with Gasteiger partial charge in [-0.1, -0.05) is 11.6 Å². The van der Waals surface area contributed by atoms with Crippen molar-refractivity contribution in [1.82, 2.24) is 0 Å². The fourth-order valence-corrected chi connectivity index (χ4v) is 2.28. The maximum Gasteiger partial charge on any atom is 0.240 e. The molecule has 1 aliphatic rings. The van der Waals surface area contributed by atoms with Crippen LogP contribution in [0.2, 0.25) is 5.02 Å². The molecule has 0 atom stereocenters. The summed E-state index contributed by atoms with van der Waals surface area (Å²) in [6.07, 6.45) is 1.45. The Kier molecular flexibility index (Phi) is 3.92. The van der Waals surface area contributed by atoms with E-state index in [0.29, 0.717) is 35.3 Å². The molecule has 0 spiro atoms. The van der Waals surface area contributed by atoms with Crippen molar-refractivity contribution in [3.63, 3.8) is 0 Å². The molecule has 0 amide bonds. The summed E-state index contributed by atoms with van der Waals surface area (Å²) in [6.45, 7) is 0.805. The summed E-state index contributed by atoms with van der Waals surface area (Å²) in [5.41, 5.74) is 0.873. The average Bonchev–Trinajstić information content (AvgIpc) is 2.54. The van der Waals surface area contributed by atoms with E-state index in [-0.39, 0.29) is 17.0 Å². The van der Waals surface area contributed by atoms with E-state index < -0.39 is 0 Å². The number of halogens is 1. The molecular weight excluding hydrogens is 306 g/mol. The predicted molar refractivity (Wildman–Crippen MR) is 80.1 cm³/mol. The largest absolute Gasteiger partial charge is 0.486 e. The first-order valence-corrected chi connectivity index (χ1v) is 6.88. The lowest BCUT2D eigenvalue weighted by Crippen LogP contribution is -2.16. The van der Waals surface area contributed by atoms with Crippen LogP contribution in [0.15, 0.2) is 41.4 Å². The number of isocyanates is 1. The third-order valence-electron chi connectivity index (χ3n) is 3.18. The third kappa shape index (κ3) is 2.72. The SMILES string of the molecule is O=C=Nc1cc2c(cc1C(=O)c1ccc(Cl)cc1)OCCO2. The Balaban J connectivity index is 2.09. The lowest BCUT2D eigenvalue weighted by molar-refractivity contribution is 0.103. The Labute approximate surface area is 131 Å². The molecule has 1 aliphatic heterocycles. The van der Waals surface area contributed by atoms with Gasteiger partial charge in [-0.25, -0.2) is 4.79 Å². The minimum Gasteiger partial charge on any atom is -0.486 e. The highest BCUT2D eigenvalue weighted by atomic mass is 35.5. The smallest absolute Gasteiger partial charge is 0.240 e. The highest BCUT2D eigenvalue weighted by molar-refractivity contribution is 6.30. The van der Waals surface area contributed by atoms with Crippen LogP contribution in [0.1, 0.15) is 15.9 Å². The fourth-order valence-electron chi connectivity index (χ4n) is 2.16. The van der Waals surface area contributed by atoms with Crippen LogP contribution in [-0.4, -0.2) is 25.1 Å². The van der Waals surface area contributed by atoms with Gasteiger partial charge in [0.05, 0.1) is 11.3 Å². The van der Waals surface area contributed by atoms with Gasteiger partial charge in [-0.3, -0.25) is 4.79 Å². The zero-order valence-electron chi connectivity index (χ0n) is 11.3. The van der Waals surface area contributed by atoms with Gasteiger partial charge in [0, 0.05) is 16.7 Å². The van der Waals surface area contributed by atoms with E-state index in [0.717, 1.165) is 0 Å². The molecule has 3 rings (SSSR count). The molecule has 110 valence electrons. The van der Waals surface area contributed by atoms with Gasteiger partial charge in [-0.2, -0.15) is 4.99 Å². The van der Waals surface area contributed by atoms with Gasteiger partial charge in [-0.05, 0) is 30.3 Å². The van der Waals surface area contributed by atoms with Gasteiger partial charge >= 0.3 is 0 Å². The summed E-state index contributed by atoms with van der Waals surface area (Å²) in [5.74, 6) is 0.615. The molecule has 0 saturated carbocycles. The van der Waals surface area contributed by atoms with E-state index in [1.165, 1.54) is 18.2 Å².